The number of ether oxygens (including phenoxy) is 2. The number of hydrogen-bond donors (Lipinski definition) is 1. The van der Waals surface area contributed by atoms with Gasteiger partial charge in [0.25, 0.3) is 5.91 Å². The van der Waals surface area contributed by atoms with Crippen molar-refractivity contribution in [3.8, 4) is 5.75 Å². The molecule has 6 heteroatoms. The molecule has 1 N–H and O–H groups in total. The second kappa shape index (κ2) is 8.36. The minimum Gasteiger partial charge on any atom is -0.479 e. The molecule has 1 atom stereocenters. The summed E-state index contributed by atoms with van der Waals surface area (Å²) in [7, 11) is 0. The van der Waals surface area contributed by atoms with Crippen LogP contribution in [-0.2, 0) is 14.3 Å². The van der Waals surface area contributed by atoms with Crippen LogP contribution >= 0.6 is 11.6 Å². The summed E-state index contributed by atoms with van der Waals surface area (Å²) in [6.07, 6.45) is -0.835. The minimum atomic E-state index is -0.835. The van der Waals surface area contributed by atoms with Crippen molar-refractivity contribution in [2.75, 3.05) is 11.9 Å². The van der Waals surface area contributed by atoms with E-state index < -0.39 is 18.0 Å². The Labute approximate surface area is 145 Å². The third kappa shape index (κ3) is 5.59. The van der Waals surface area contributed by atoms with E-state index in [0.717, 1.165) is 5.56 Å². The van der Waals surface area contributed by atoms with Gasteiger partial charge in [0.2, 0.25) is 0 Å². The van der Waals surface area contributed by atoms with Gasteiger partial charge in [-0.3, -0.25) is 4.79 Å². The third-order valence-corrected chi connectivity index (χ3v) is 3.36. The molecule has 0 bridgehead atoms. The molecule has 0 saturated carbocycles. The van der Waals surface area contributed by atoms with Crippen molar-refractivity contribution in [3.05, 3.63) is 59.1 Å². The standard InChI is InChI=1S/C18H18ClNO4/c1-12-4-3-5-15(10-12)20-17(21)11-23-18(22)13(2)24-16-8-6-14(19)7-9-16/h3-10,13H,11H2,1-2H3,(H,20,21)/t13-/m1/s1. The largest absolute Gasteiger partial charge is 0.479 e. The first kappa shape index (κ1) is 17.8. The van der Waals surface area contributed by atoms with Gasteiger partial charge in [0, 0.05) is 10.7 Å². The van der Waals surface area contributed by atoms with E-state index in [0.29, 0.717) is 16.5 Å². The summed E-state index contributed by atoms with van der Waals surface area (Å²) in [5.41, 5.74) is 1.68. The highest BCUT2D eigenvalue weighted by atomic mass is 35.5. The first-order valence-corrected chi connectivity index (χ1v) is 7.77. The zero-order chi connectivity index (χ0) is 17.5. The molecule has 0 aliphatic heterocycles. The van der Waals surface area contributed by atoms with Crippen molar-refractivity contribution in [2.45, 2.75) is 20.0 Å². The van der Waals surface area contributed by atoms with Crippen LogP contribution in [0.25, 0.3) is 0 Å². The van der Waals surface area contributed by atoms with Crippen LogP contribution in [0.3, 0.4) is 0 Å². The summed E-state index contributed by atoms with van der Waals surface area (Å²) >= 11 is 5.78. The Morgan fingerprint density at radius 1 is 1.17 bits per heavy atom. The number of benzene rings is 2. The third-order valence-electron chi connectivity index (χ3n) is 3.11. The fourth-order valence-electron chi connectivity index (χ4n) is 1.94. The predicted octanol–water partition coefficient (Wildman–Crippen LogP) is 3.60. The molecule has 2 aromatic rings. The van der Waals surface area contributed by atoms with Crippen LogP contribution in [0.15, 0.2) is 48.5 Å². The number of rotatable bonds is 6. The summed E-state index contributed by atoms with van der Waals surface area (Å²) in [5, 5.41) is 3.24. The number of aryl methyl sites for hydroxylation is 1. The molecule has 0 heterocycles. The van der Waals surface area contributed by atoms with Gasteiger partial charge in [0.1, 0.15) is 5.75 Å². The Kier molecular flexibility index (Phi) is 6.21. The van der Waals surface area contributed by atoms with Crippen molar-refractivity contribution in [1.82, 2.24) is 0 Å². The summed E-state index contributed by atoms with van der Waals surface area (Å²) in [6.45, 7) is 3.10. The highest BCUT2D eigenvalue weighted by Crippen LogP contribution is 2.17. The summed E-state index contributed by atoms with van der Waals surface area (Å²) in [5.74, 6) is -0.537. The summed E-state index contributed by atoms with van der Waals surface area (Å²) in [6, 6.07) is 14.0. The normalized spacial score (nSPS) is 11.5. The minimum absolute atomic E-state index is 0.374. The molecule has 0 aliphatic carbocycles. The van der Waals surface area contributed by atoms with E-state index in [-0.39, 0.29) is 6.61 Å². The Morgan fingerprint density at radius 2 is 1.88 bits per heavy atom. The molecule has 0 spiro atoms. The highest BCUT2D eigenvalue weighted by molar-refractivity contribution is 6.30. The Morgan fingerprint density at radius 3 is 2.54 bits per heavy atom. The van der Waals surface area contributed by atoms with Crippen LogP contribution in [0.4, 0.5) is 5.69 Å². The molecule has 126 valence electrons. The number of anilines is 1. The fourth-order valence-corrected chi connectivity index (χ4v) is 2.07. The molecule has 0 fully saturated rings. The van der Waals surface area contributed by atoms with E-state index in [1.807, 2.05) is 25.1 Å². The topological polar surface area (TPSA) is 64.6 Å². The lowest BCUT2D eigenvalue weighted by atomic mass is 10.2. The molecule has 5 nitrogen and oxygen atoms in total. The van der Waals surface area contributed by atoms with E-state index in [1.54, 1.807) is 37.3 Å². The number of amides is 1. The lowest BCUT2D eigenvalue weighted by molar-refractivity contribution is -0.153. The van der Waals surface area contributed by atoms with E-state index in [1.165, 1.54) is 0 Å². The maximum absolute atomic E-state index is 11.9. The number of halogens is 1. The van der Waals surface area contributed by atoms with Gasteiger partial charge in [-0.2, -0.15) is 0 Å². The average Bonchev–Trinajstić information content (AvgIpc) is 2.54. The van der Waals surface area contributed by atoms with Crippen LogP contribution in [0.5, 0.6) is 5.75 Å². The van der Waals surface area contributed by atoms with Crippen LogP contribution < -0.4 is 10.1 Å². The molecule has 0 aromatic heterocycles. The fraction of sp³-hybridized carbons (Fsp3) is 0.222. The highest BCUT2D eigenvalue weighted by Gasteiger charge is 2.17. The molecule has 0 unspecified atom stereocenters. The van der Waals surface area contributed by atoms with Gasteiger partial charge in [-0.15, -0.1) is 0 Å². The van der Waals surface area contributed by atoms with Crippen molar-refractivity contribution >= 4 is 29.2 Å². The maximum atomic E-state index is 11.9. The molecular formula is C18H18ClNO4. The smallest absolute Gasteiger partial charge is 0.347 e. The summed E-state index contributed by atoms with van der Waals surface area (Å²) in [4.78, 5) is 23.7. The van der Waals surface area contributed by atoms with Crippen molar-refractivity contribution in [2.24, 2.45) is 0 Å². The Hall–Kier alpha value is -2.53. The number of nitrogens with one attached hydrogen (secondary N) is 1. The molecule has 2 rings (SSSR count). The predicted molar refractivity (Wildman–Crippen MR) is 92.3 cm³/mol. The number of carbonyl (C=O) groups is 2. The first-order chi connectivity index (χ1) is 11.4. The molecule has 0 saturated heterocycles. The van der Waals surface area contributed by atoms with E-state index in [4.69, 9.17) is 21.1 Å². The first-order valence-electron chi connectivity index (χ1n) is 7.39. The van der Waals surface area contributed by atoms with Gasteiger partial charge < -0.3 is 14.8 Å². The molecule has 24 heavy (non-hydrogen) atoms. The number of carbonyl (C=O) groups excluding carboxylic acids is 2. The van der Waals surface area contributed by atoms with Gasteiger partial charge >= 0.3 is 5.97 Å². The van der Waals surface area contributed by atoms with E-state index in [9.17, 15) is 9.59 Å². The van der Waals surface area contributed by atoms with Gasteiger partial charge in [-0.1, -0.05) is 23.7 Å². The number of esters is 1. The van der Waals surface area contributed by atoms with Crippen LogP contribution in [0, 0.1) is 6.92 Å². The molecule has 0 radical (unpaired) electrons. The monoisotopic (exact) mass is 347 g/mol. The second-order valence-corrected chi connectivity index (χ2v) is 5.68. The lowest BCUT2D eigenvalue weighted by Crippen LogP contribution is -2.29. The second-order valence-electron chi connectivity index (χ2n) is 5.24. The van der Waals surface area contributed by atoms with Gasteiger partial charge in [0.15, 0.2) is 12.7 Å². The van der Waals surface area contributed by atoms with Crippen LogP contribution in [-0.4, -0.2) is 24.6 Å². The maximum Gasteiger partial charge on any atom is 0.347 e. The zero-order valence-electron chi connectivity index (χ0n) is 13.4. The quantitative estimate of drug-likeness (QED) is 0.811. The van der Waals surface area contributed by atoms with Crippen molar-refractivity contribution in [1.29, 1.82) is 0 Å². The zero-order valence-corrected chi connectivity index (χ0v) is 14.2. The Bertz CT molecular complexity index is 715. The molecule has 2 aromatic carbocycles. The van der Waals surface area contributed by atoms with Crippen LogP contribution in [0.2, 0.25) is 5.02 Å². The number of hydrogen-bond acceptors (Lipinski definition) is 4. The SMILES string of the molecule is Cc1cccc(NC(=O)COC(=O)[C@@H](C)Oc2ccc(Cl)cc2)c1. The van der Waals surface area contributed by atoms with Gasteiger partial charge in [0.05, 0.1) is 0 Å². The molecular weight excluding hydrogens is 330 g/mol. The van der Waals surface area contributed by atoms with Crippen molar-refractivity contribution in [3.63, 3.8) is 0 Å². The summed E-state index contributed by atoms with van der Waals surface area (Å²) < 4.78 is 10.4. The average molecular weight is 348 g/mol. The molecule has 0 aliphatic rings. The van der Waals surface area contributed by atoms with Crippen molar-refractivity contribution < 1.29 is 19.1 Å². The van der Waals surface area contributed by atoms with E-state index in [2.05, 4.69) is 5.32 Å². The lowest BCUT2D eigenvalue weighted by Gasteiger charge is -2.14. The van der Waals surface area contributed by atoms with Gasteiger partial charge in [-0.25, -0.2) is 4.79 Å². The van der Waals surface area contributed by atoms with Crippen LogP contribution in [0.1, 0.15) is 12.5 Å². The van der Waals surface area contributed by atoms with E-state index >= 15 is 0 Å². The Balaban J connectivity index is 1.79. The molecule has 1 amide bonds. The van der Waals surface area contributed by atoms with Gasteiger partial charge in [-0.05, 0) is 55.8 Å².